The van der Waals surface area contributed by atoms with Crippen LogP contribution in [0.2, 0.25) is 5.02 Å². The number of piperidine rings is 1. The molecule has 1 aromatic rings. The highest BCUT2D eigenvalue weighted by Gasteiger charge is 2.17. The molecule has 2 rings (SSSR count). The monoisotopic (exact) mass is 494 g/mol. The van der Waals surface area contributed by atoms with Crippen LogP contribution >= 0.6 is 35.6 Å². The first kappa shape index (κ1) is 23.3. The third kappa shape index (κ3) is 8.77. The van der Waals surface area contributed by atoms with Crippen molar-refractivity contribution in [2.45, 2.75) is 32.8 Å². The van der Waals surface area contributed by atoms with Gasteiger partial charge >= 0.3 is 0 Å². The second-order valence-electron chi connectivity index (χ2n) is 6.75. The Bertz CT molecular complexity index is 541. The predicted molar refractivity (Wildman–Crippen MR) is 121 cm³/mol. The minimum atomic E-state index is -0.00237. The Kier molecular flexibility index (Phi) is 11.3. The summed E-state index contributed by atoms with van der Waals surface area (Å²) in [6.07, 6.45) is 2.56. The lowest BCUT2D eigenvalue weighted by molar-refractivity contribution is 0.210. The molecule has 0 spiro atoms. The molecule has 148 valence electrons. The number of rotatable bonds is 7. The van der Waals surface area contributed by atoms with E-state index in [-0.39, 0.29) is 30.1 Å². The molecular weight excluding hydrogens is 463 g/mol. The lowest BCUT2D eigenvalue weighted by Gasteiger charge is -2.30. The quantitative estimate of drug-likeness (QED) is 0.345. The van der Waals surface area contributed by atoms with Gasteiger partial charge in [0.25, 0.3) is 0 Å². The minimum Gasteiger partial charge on any atom is -0.489 e. The molecular formula is C19H32ClIN4O. The number of aliphatic imine (C=N–C) groups is 1. The van der Waals surface area contributed by atoms with E-state index >= 15 is 0 Å². The van der Waals surface area contributed by atoms with Gasteiger partial charge < -0.3 is 20.3 Å². The topological polar surface area (TPSA) is 48.9 Å². The molecule has 5 nitrogen and oxygen atoms in total. The highest BCUT2D eigenvalue weighted by Crippen LogP contribution is 2.17. The Morgan fingerprint density at radius 2 is 2.08 bits per heavy atom. The summed E-state index contributed by atoms with van der Waals surface area (Å²) in [5.41, 5.74) is 0. The summed E-state index contributed by atoms with van der Waals surface area (Å²) >= 11 is 5.90. The van der Waals surface area contributed by atoms with Gasteiger partial charge in [-0.1, -0.05) is 11.6 Å². The first-order chi connectivity index (χ1) is 12.1. The standard InChI is InChI=1S/C19H31ClN4O.HI/c1-4-21-19(23-13-16-6-5-11-24(3)14-16)22-12-15(2)25-18-9-7-17(20)8-10-18;/h7-10,15-16H,4-6,11-14H2,1-3H3,(H2,21,22,23);1H. The summed E-state index contributed by atoms with van der Waals surface area (Å²) < 4.78 is 5.88. The summed E-state index contributed by atoms with van der Waals surface area (Å²) in [5, 5.41) is 7.50. The van der Waals surface area contributed by atoms with E-state index in [9.17, 15) is 0 Å². The zero-order valence-corrected chi connectivity index (χ0v) is 19.1. The molecule has 0 aliphatic carbocycles. The third-order valence-corrected chi connectivity index (χ3v) is 4.53. The number of benzene rings is 1. The van der Waals surface area contributed by atoms with E-state index in [0.717, 1.165) is 31.3 Å². The van der Waals surface area contributed by atoms with E-state index < -0.39 is 0 Å². The van der Waals surface area contributed by atoms with Crippen molar-refractivity contribution in [3.05, 3.63) is 29.3 Å². The number of hydrogen-bond donors (Lipinski definition) is 2. The number of likely N-dealkylation sites (tertiary alicyclic amines) is 1. The summed E-state index contributed by atoms with van der Waals surface area (Å²) in [6.45, 7) is 8.89. The molecule has 1 aromatic carbocycles. The zero-order valence-electron chi connectivity index (χ0n) is 16.0. The number of nitrogens with one attached hydrogen (secondary N) is 2. The minimum absolute atomic E-state index is 0. The van der Waals surface area contributed by atoms with Crippen molar-refractivity contribution >= 4 is 41.5 Å². The second-order valence-corrected chi connectivity index (χ2v) is 7.19. The van der Waals surface area contributed by atoms with Gasteiger partial charge in [-0.2, -0.15) is 0 Å². The fourth-order valence-electron chi connectivity index (χ4n) is 3.03. The van der Waals surface area contributed by atoms with Crippen LogP contribution in [0.4, 0.5) is 0 Å². The van der Waals surface area contributed by atoms with Gasteiger partial charge in [-0.3, -0.25) is 0 Å². The van der Waals surface area contributed by atoms with Crippen molar-refractivity contribution in [3.63, 3.8) is 0 Å². The molecule has 0 saturated carbocycles. The molecule has 1 aliphatic rings. The molecule has 0 radical (unpaired) electrons. The molecule has 0 amide bonds. The van der Waals surface area contributed by atoms with Crippen LogP contribution < -0.4 is 15.4 Å². The second kappa shape index (κ2) is 12.6. The van der Waals surface area contributed by atoms with E-state index in [1.807, 2.05) is 31.2 Å². The first-order valence-electron chi connectivity index (χ1n) is 9.19. The largest absolute Gasteiger partial charge is 0.489 e. The molecule has 1 aliphatic heterocycles. The maximum atomic E-state index is 5.90. The maximum Gasteiger partial charge on any atom is 0.191 e. The van der Waals surface area contributed by atoms with E-state index in [1.165, 1.54) is 19.4 Å². The average Bonchev–Trinajstić information content (AvgIpc) is 2.59. The first-order valence-corrected chi connectivity index (χ1v) is 9.57. The Morgan fingerprint density at radius 1 is 1.35 bits per heavy atom. The molecule has 0 bridgehead atoms. The lowest BCUT2D eigenvalue weighted by Crippen LogP contribution is -2.43. The molecule has 1 fully saturated rings. The Hall–Kier alpha value is -0.730. The summed E-state index contributed by atoms with van der Waals surface area (Å²) in [6, 6.07) is 7.43. The van der Waals surface area contributed by atoms with Gasteiger partial charge in [-0.25, -0.2) is 4.99 Å². The Morgan fingerprint density at radius 3 is 2.73 bits per heavy atom. The fraction of sp³-hybridized carbons (Fsp3) is 0.632. The van der Waals surface area contributed by atoms with Gasteiger partial charge in [0.2, 0.25) is 0 Å². The van der Waals surface area contributed by atoms with Gasteiger partial charge in [0.15, 0.2) is 5.96 Å². The van der Waals surface area contributed by atoms with Crippen molar-refractivity contribution in [1.82, 2.24) is 15.5 Å². The molecule has 7 heteroatoms. The zero-order chi connectivity index (χ0) is 18.1. The SMILES string of the molecule is CCNC(=NCC(C)Oc1ccc(Cl)cc1)NCC1CCCN(C)C1.I. The number of nitrogens with zero attached hydrogens (tertiary/aromatic N) is 2. The summed E-state index contributed by atoms with van der Waals surface area (Å²) in [5.74, 6) is 2.36. The van der Waals surface area contributed by atoms with E-state index in [4.69, 9.17) is 16.3 Å². The van der Waals surface area contributed by atoms with Crippen LogP contribution in [0.15, 0.2) is 29.3 Å². The highest BCUT2D eigenvalue weighted by atomic mass is 127. The van der Waals surface area contributed by atoms with Crippen molar-refractivity contribution in [3.8, 4) is 5.75 Å². The van der Waals surface area contributed by atoms with Gasteiger partial charge in [-0.15, -0.1) is 24.0 Å². The van der Waals surface area contributed by atoms with Gasteiger partial charge in [-0.05, 0) is 70.5 Å². The van der Waals surface area contributed by atoms with Crippen molar-refractivity contribution in [2.24, 2.45) is 10.9 Å². The number of hydrogen-bond acceptors (Lipinski definition) is 3. The van der Waals surface area contributed by atoms with Crippen LogP contribution in [0.5, 0.6) is 5.75 Å². The number of ether oxygens (including phenoxy) is 1. The van der Waals surface area contributed by atoms with Gasteiger partial charge in [0, 0.05) is 24.7 Å². The number of halogens is 2. The Balaban J connectivity index is 0.00000338. The maximum absolute atomic E-state index is 5.90. The van der Waals surface area contributed by atoms with Gasteiger partial charge in [0.05, 0.1) is 6.54 Å². The van der Waals surface area contributed by atoms with E-state index in [0.29, 0.717) is 17.5 Å². The average molecular weight is 495 g/mol. The lowest BCUT2D eigenvalue weighted by atomic mass is 9.99. The highest BCUT2D eigenvalue weighted by molar-refractivity contribution is 14.0. The third-order valence-electron chi connectivity index (χ3n) is 4.28. The van der Waals surface area contributed by atoms with Crippen molar-refractivity contribution in [1.29, 1.82) is 0 Å². The fourth-order valence-corrected chi connectivity index (χ4v) is 3.15. The molecule has 2 unspecified atom stereocenters. The summed E-state index contributed by atoms with van der Waals surface area (Å²) in [7, 11) is 2.20. The van der Waals surface area contributed by atoms with Crippen LogP contribution in [0.25, 0.3) is 0 Å². The van der Waals surface area contributed by atoms with Crippen LogP contribution in [-0.2, 0) is 0 Å². The Labute approximate surface area is 179 Å². The van der Waals surface area contributed by atoms with Crippen LogP contribution in [-0.4, -0.2) is 56.7 Å². The molecule has 1 saturated heterocycles. The van der Waals surface area contributed by atoms with Crippen LogP contribution in [0.1, 0.15) is 26.7 Å². The number of guanidine groups is 1. The van der Waals surface area contributed by atoms with Crippen molar-refractivity contribution < 1.29 is 4.74 Å². The van der Waals surface area contributed by atoms with Crippen molar-refractivity contribution in [2.75, 3.05) is 39.8 Å². The van der Waals surface area contributed by atoms with Crippen LogP contribution in [0.3, 0.4) is 0 Å². The van der Waals surface area contributed by atoms with Gasteiger partial charge in [0.1, 0.15) is 11.9 Å². The molecule has 0 aromatic heterocycles. The predicted octanol–water partition coefficient (Wildman–Crippen LogP) is 3.62. The van der Waals surface area contributed by atoms with E-state index in [2.05, 4.69) is 34.5 Å². The molecule has 1 heterocycles. The molecule has 2 atom stereocenters. The molecule has 2 N–H and O–H groups in total. The summed E-state index contributed by atoms with van der Waals surface area (Å²) in [4.78, 5) is 7.06. The van der Waals surface area contributed by atoms with Crippen LogP contribution in [0, 0.1) is 5.92 Å². The van der Waals surface area contributed by atoms with E-state index in [1.54, 1.807) is 0 Å². The molecule has 26 heavy (non-hydrogen) atoms. The normalized spacial score (nSPS) is 19.4. The smallest absolute Gasteiger partial charge is 0.191 e.